The normalized spacial score (nSPS) is 14.2. The van der Waals surface area contributed by atoms with Crippen LogP contribution in [0.4, 0.5) is 0 Å². The van der Waals surface area contributed by atoms with Gasteiger partial charge in [-0.15, -0.1) is 0 Å². The molecule has 0 aliphatic carbocycles. The molecule has 0 saturated carbocycles. The predicted molar refractivity (Wildman–Crippen MR) is 305 cm³/mol. The van der Waals surface area contributed by atoms with Crippen LogP contribution < -0.4 is 5.32 Å². The number of carbonyl (C=O) groups excluding carboxylic acids is 2. The Kier molecular flexibility index (Phi) is 49.6. The van der Waals surface area contributed by atoms with E-state index in [0.717, 1.165) is 96.3 Å². The summed E-state index contributed by atoms with van der Waals surface area (Å²) in [6.07, 6.45) is 63.5. The summed E-state index contributed by atoms with van der Waals surface area (Å²) in [7, 11) is 1.48. The Morgan fingerprint density at radius 1 is 0.493 bits per heavy atom. The van der Waals surface area contributed by atoms with Gasteiger partial charge in [0.2, 0.25) is 5.91 Å². The molecule has 0 bridgehead atoms. The summed E-state index contributed by atoms with van der Waals surface area (Å²) in [5, 5.41) is 3.04. The number of ether oxygens (including phenoxy) is 1. The molecule has 0 aliphatic heterocycles. The van der Waals surface area contributed by atoms with E-state index in [2.05, 4.69) is 74.7 Å². The number of phosphoric ester groups is 1. The Labute approximate surface area is 439 Å². The van der Waals surface area contributed by atoms with Crippen LogP contribution in [0.15, 0.2) is 60.8 Å². The maximum atomic E-state index is 13.5. The van der Waals surface area contributed by atoms with Crippen molar-refractivity contribution < 1.29 is 37.3 Å². The number of amides is 1. The number of phosphoric acid groups is 1. The Morgan fingerprint density at radius 2 is 0.859 bits per heavy atom. The Balaban J connectivity index is 5.40. The molecule has 3 unspecified atom stereocenters. The summed E-state index contributed by atoms with van der Waals surface area (Å²) in [5.74, 6) is -0.533. The summed E-state index contributed by atoms with van der Waals surface area (Å²) >= 11 is 0. The van der Waals surface area contributed by atoms with Crippen LogP contribution in [0.5, 0.6) is 0 Å². The summed E-state index contributed by atoms with van der Waals surface area (Å²) in [6, 6.07) is -0.862. The van der Waals surface area contributed by atoms with E-state index in [1.807, 2.05) is 33.3 Å². The molecule has 0 aliphatic rings. The highest BCUT2D eigenvalue weighted by Gasteiger charge is 2.30. The number of carbonyl (C=O) groups is 2. The quantitative estimate of drug-likeness (QED) is 0.0205. The first kappa shape index (κ1) is 68.7. The second-order valence-corrected chi connectivity index (χ2v) is 22.6. The number of nitrogens with zero attached hydrogens (tertiary/aromatic N) is 1. The molecule has 1 amide bonds. The number of esters is 1. The molecule has 71 heavy (non-hydrogen) atoms. The molecule has 2 N–H and O–H groups in total. The van der Waals surface area contributed by atoms with Gasteiger partial charge in [0.05, 0.1) is 33.8 Å². The van der Waals surface area contributed by atoms with Gasteiger partial charge in [-0.3, -0.25) is 18.6 Å². The molecule has 0 aromatic heterocycles. The van der Waals surface area contributed by atoms with Crippen LogP contribution in [-0.4, -0.2) is 74.3 Å². The standard InChI is InChI=1S/C61H113N2O7P/c1-7-10-13-16-19-22-25-28-30-31-33-35-38-41-44-47-50-53-60(64)62-58(57-69-71(66,67)68-56-55-63(4,5)6)59(52-49-46-43-40-37-34-27-24-21-18-15-12-9-3)70-61(65)54-51-48-45-42-39-36-32-29-26-23-20-17-14-11-8-2/h19,22-23,26,28,30,33,35,49,52,58-59H,7-18,20-21,24-25,27,29,31-32,34,36-48,50-51,53-57H2,1-6H3,(H-,62,64,66,67)/p+1/b22-19-,26-23-,30-28-,35-33-,52-49+. The van der Waals surface area contributed by atoms with E-state index in [-0.39, 0.29) is 31.5 Å². The summed E-state index contributed by atoms with van der Waals surface area (Å²) in [5.41, 5.74) is 0. The van der Waals surface area contributed by atoms with E-state index >= 15 is 0 Å². The minimum absolute atomic E-state index is 0.0339. The van der Waals surface area contributed by atoms with Gasteiger partial charge in [-0.25, -0.2) is 4.57 Å². The number of unbranched alkanes of at least 4 members (excludes halogenated alkanes) is 29. The van der Waals surface area contributed by atoms with Crippen molar-refractivity contribution in [3.05, 3.63) is 60.8 Å². The molecular formula is C61H114N2O7P+. The van der Waals surface area contributed by atoms with Gasteiger partial charge in [0.1, 0.15) is 19.3 Å². The first-order valence-corrected chi connectivity index (χ1v) is 31.1. The van der Waals surface area contributed by atoms with E-state index in [0.29, 0.717) is 17.4 Å². The summed E-state index contributed by atoms with van der Waals surface area (Å²) in [6.45, 7) is 6.96. The molecule has 3 atom stereocenters. The fourth-order valence-electron chi connectivity index (χ4n) is 8.29. The third kappa shape index (κ3) is 52.4. The van der Waals surface area contributed by atoms with Gasteiger partial charge in [0, 0.05) is 12.8 Å². The van der Waals surface area contributed by atoms with Crippen molar-refractivity contribution in [3.8, 4) is 0 Å². The Bertz CT molecular complexity index is 1400. The van der Waals surface area contributed by atoms with E-state index in [9.17, 15) is 19.0 Å². The van der Waals surface area contributed by atoms with Crippen molar-refractivity contribution >= 4 is 19.7 Å². The smallest absolute Gasteiger partial charge is 0.456 e. The Hall–Kier alpha value is -2.29. The van der Waals surface area contributed by atoms with Crippen molar-refractivity contribution in [1.82, 2.24) is 5.32 Å². The summed E-state index contributed by atoms with van der Waals surface area (Å²) < 4.78 is 30.6. The average Bonchev–Trinajstić information content (AvgIpc) is 3.33. The van der Waals surface area contributed by atoms with Crippen LogP contribution in [0.3, 0.4) is 0 Å². The minimum Gasteiger partial charge on any atom is -0.456 e. The lowest BCUT2D eigenvalue weighted by Crippen LogP contribution is -2.47. The maximum absolute atomic E-state index is 13.5. The zero-order valence-electron chi connectivity index (χ0n) is 47.2. The predicted octanol–water partition coefficient (Wildman–Crippen LogP) is 17.9. The molecule has 0 spiro atoms. The molecular weight excluding hydrogens is 904 g/mol. The SMILES string of the molecule is CCCCC/C=C\C/C=C\C/C=C\CCCCCCC(=O)NC(COP(=O)(O)OCC[N+](C)(C)C)C(/C=C/CCCCCCCCCCCCC)OC(=O)CCCCCCCCC/C=C\CCCCCC. The number of rotatable bonds is 53. The largest absolute Gasteiger partial charge is 0.472 e. The molecule has 414 valence electrons. The van der Waals surface area contributed by atoms with Crippen LogP contribution in [-0.2, 0) is 27.9 Å². The van der Waals surface area contributed by atoms with Crippen molar-refractivity contribution in [3.63, 3.8) is 0 Å². The number of nitrogens with one attached hydrogen (secondary N) is 1. The molecule has 0 saturated heterocycles. The number of likely N-dealkylation sites (N-methyl/N-ethyl adjacent to an activating group) is 1. The van der Waals surface area contributed by atoms with E-state index in [1.165, 1.54) is 135 Å². The van der Waals surface area contributed by atoms with Gasteiger partial charge in [-0.1, -0.05) is 217 Å². The maximum Gasteiger partial charge on any atom is 0.472 e. The first-order chi connectivity index (χ1) is 34.4. The van der Waals surface area contributed by atoms with Gasteiger partial charge >= 0.3 is 13.8 Å². The van der Waals surface area contributed by atoms with E-state index < -0.39 is 20.0 Å². The average molecular weight is 1020 g/mol. The number of allylic oxidation sites excluding steroid dienone is 9. The third-order valence-electron chi connectivity index (χ3n) is 12.9. The lowest BCUT2D eigenvalue weighted by molar-refractivity contribution is -0.870. The van der Waals surface area contributed by atoms with E-state index in [1.54, 1.807) is 0 Å². The van der Waals surface area contributed by atoms with Crippen molar-refractivity contribution in [2.24, 2.45) is 0 Å². The van der Waals surface area contributed by atoms with Crippen molar-refractivity contribution in [2.45, 2.75) is 277 Å². The molecule has 0 heterocycles. The number of quaternary nitrogens is 1. The topological polar surface area (TPSA) is 111 Å². The fraction of sp³-hybridized carbons (Fsp3) is 0.803. The van der Waals surface area contributed by atoms with Crippen LogP contribution in [0.25, 0.3) is 0 Å². The molecule has 0 rings (SSSR count). The molecule has 9 nitrogen and oxygen atoms in total. The highest BCUT2D eigenvalue weighted by atomic mass is 31.2. The molecule has 10 heteroatoms. The van der Waals surface area contributed by atoms with Crippen LogP contribution in [0, 0.1) is 0 Å². The van der Waals surface area contributed by atoms with Gasteiger partial charge in [0.25, 0.3) is 0 Å². The highest BCUT2D eigenvalue weighted by Crippen LogP contribution is 2.43. The van der Waals surface area contributed by atoms with Crippen LogP contribution >= 0.6 is 7.82 Å². The van der Waals surface area contributed by atoms with Gasteiger partial charge in [0.15, 0.2) is 0 Å². The lowest BCUT2D eigenvalue weighted by atomic mass is 10.0. The lowest BCUT2D eigenvalue weighted by Gasteiger charge is -2.27. The molecule has 0 fully saturated rings. The monoisotopic (exact) mass is 1020 g/mol. The Morgan fingerprint density at radius 3 is 1.34 bits per heavy atom. The minimum atomic E-state index is -4.45. The van der Waals surface area contributed by atoms with Crippen molar-refractivity contribution in [1.29, 1.82) is 0 Å². The zero-order valence-corrected chi connectivity index (χ0v) is 48.1. The highest BCUT2D eigenvalue weighted by molar-refractivity contribution is 7.47. The molecule has 0 aromatic carbocycles. The van der Waals surface area contributed by atoms with Crippen LogP contribution in [0.1, 0.15) is 265 Å². The second-order valence-electron chi connectivity index (χ2n) is 21.2. The van der Waals surface area contributed by atoms with E-state index in [4.69, 9.17) is 13.8 Å². The van der Waals surface area contributed by atoms with Gasteiger partial charge in [-0.2, -0.15) is 0 Å². The summed E-state index contributed by atoms with van der Waals surface area (Å²) in [4.78, 5) is 37.6. The fourth-order valence-corrected chi connectivity index (χ4v) is 9.03. The van der Waals surface area contributed by atoms with Crippen LogP contribution in [0.2, 0.25) is 0 Å². The van der Waals surface area contributed by atoms with Gasteiger partial charge < -0.3 is 19.4 Å². The molecule has 0 radical (unpaired) electrons. The third-order valence-corrected chi connectivity index (χ3v) is 13.9. The first-order valence-electron chi connectivity index (χ1n) is 29.6. The molecule has 0 aromatic rings. The zero-order chi connectivity index (χ0) is 52.2. The number of hydrogen-bond donors (Lipinski definition) is 2. The van der Waals surface area contributed by atoms with Crippen molar-refractivity contribution in [2.75, 3.05) is 40.9 Å². The number of hydrogen-bond acceptors (Lipinski definition) is 6. The van der Waals surface area contributed by atoms with Gasteiger partial charge in [-0.05, 0) is 96.0 Å². The second kappa shape index (κ2) is 51.2.